The number of urea groups is 1. The second kappa shape index (κ2) is 6.92. The molecular weight excluding hydrogens is 340 g/mol. The van der Waals surface area contributed by atoms with Crippen LogP contribution >= 0.6 is 34.8 Å². The van der Waals surface area contributed by atoms with Gasteiger partial charge >= 0.3 is 12.6 Å². The molecule has 1 rings (SSSR count). The number of carbonyl (C=O) groups excluding carboxylic acids is 2. The van der Waals surface area contributed by atoms with Crippen molar-refractivity contribution in [1.82, 2.24) is 5.32 Å². The Morgan fingerprint density at radius 1 is 1.20 bits per heavy atom. The van der Waals surface area contributed by atoms with Gasteiger partial charge in [0, 0.05) is 0 Å². The lowest BCUT2D eigenvalue weighted by atomic mass is 10.3. The number of ether oxygens (including phenoxy) is 1. The molecule has 1 aromatic rings. The fourth-order valence-electron chi connectivity index (χ4n) is 1.10. The van der Waals surface area contributed by atoms with Crippen LogP contribution in [0.3, 0.4) is 0 Å². The van der Waals surface area contributed by atoms with Gasteiger partial charge in [-0.1, -0.05) is 46.9 Å². The monoisotopic (exact) mass is 346 g/mol. The summed E-state index contributed by atoms with van der Waals surface area (Å²) in [5.41, 5.74) is -0.0811. The van der Waals surface area contributed by atoms with Gasteiger partial charge in [-0.25, -0.2) is 4.79 Å². The molecule has 0 aliphatic heterocycles. The highest BCUT2D eigenvalue weighted by Gasteiger charge is 2.32. The first-order valence-corrected chi connectivity index (χ1v) is 6.06. The molecule has 20 heavy (non-hydrogen) atoms. The SMILES string of the molecule is O=C(NC(=O)C(Cl)(Cl)Cl)Nc1ccccc1OC(F)F. The van der Waals surface area contributed by atoms with Crippen molar-refractivity contribution in [3.8, 4) is 5.75 Å². The number of nitrogens with one attached hydrogen (secondary N) is 2. The lowest BCUT2D eigenvalue weighted by Crippen LogP contribution is -2.41. The quantitative estimate of drug-likeness (QED) is 0.824. The number of hydrogen-bond donors (Lipinski definition) is 2. The van der Waals surface area contributed by atoms with Crippen LogP contribution in [0, 0.1) is 0 Å². The molecule has 3 amide bonds. The summed E-state index contributed by atoms with van der Waals surface area (Å²) in [6.45, 7) is -3.07. The summed E-state index contributed by atoms with van der Waals surface area (Å²) >= 11 is 15.7. The Labute approximate surface area is 127 Å². The van der Waals surface area contributed by atoms with Crippen molar-refractivity contribution >= 4 is 52.4 Å². The number of alkyl halides is 5. The minimum atomic E-state index is -3.07. The maximum absolute atomic E-state index is 12.1. The first kappa shape index (κ1) is 16.7. The number of benzene rings is 1. The van der Waals surface area contributed by atoms with E-state index in [0.717, 1.165) is 0 Å². The molecule has 0 heterocycles. The van der Waals surface area contributed by atoms with Crippen LogP contribution in [0.2, 0.25) is 0 Å². The summed E-state index contributed by atoms with van der Waals surface area (Å²) in [6.07, 6.45) is 0. The van der Waals surface area contributed by atoms with E-state index in [9.17, 15) is 18.4 Å². The largest absolute Gasteiger partial charge is 0.433 e. The third-order valence-electron chi connectivity index (χ3n) is 1.84. The predicted molar refractivity (Wildman–Crippen MR) is 70.5 cm³/mol. The summed E-state index contributed by atoms with van der Waals surface area (Å²) < 4.78 is 26.2. The van der Waals surface area contributed by atoms with Gasteiger partial charge < -0.3 is 10.1 Å². The fourth-order valence-corrected chi connectivity index (χ4v) is 1.24. The zero-order valence-electron chi connectivity index (χ0n) is 9.50. The van der Waals surface area contributed by atoms with Crippen molar-refractivity contribution in [2.24, 2.45) is 0 Å². The van der Waals surface area contributed by atoms with Crippen molar-refractivity contribution < 1.29 is 23.1 Å². The molecule has 0 aromatic heterocycles. The molecule has 5 nitrogen and oxygen atoms in total. The summed E-state index contributed by atoms with van der Waals surface area (Å²) in [7, 11) is 0. The second-order valence-electron chi connectivity index (χ2n) is 3.28. The minimum Gasteiger partial charge on any atom is -0.433 e. The van der Waals surface area contributed by atoms with E-state index in [0.29, 0.717) is 0 Å². The van der Waals surface area contributed by atoms with Crippen LogP contribution in [0.15, 0.2) is 24.3 Å². The van der Waals surface area contributed by atoms with E-state index >= 15 is 0 Å². The maximum Gasteiger partial charge on any atom is 0.387 e. The Morgan fingerprint density at radius 3 is 2.35 bits per heavy atom. The molecule has 0 fully saturated rings. The highest BCUT2D eigenvalue weighted by atomic mass is 35.6. The van der Waals surface area contributed by atoms with Crippen molar-refractivity contribution in [1.29, 1.82) is 0 Å². The average molecular weight is 348 g/mol. The summed E-state index contributed by atoms with van der Waals surface area (Å²) in [6, 6.07) is 4.32. The molecule has 0 saturated heterocycles. The smallest absolute Gasteiger partial charge is 0.387 e. The third kappa shape index (κ3) is 5.36. The van der Waals surface area contributed by atoms with Crippen LogP contribution in [0.25, 0.3) is 0 Å². The summed E-state index contributed by atoms with van der Waals surface area (Å²) in [5.74, 6) is -1.47. The molecule has 0 radical (unpaired) electrons. The van der Waals surface area contributed by atoms with Gasteiger partial charge in [0.15, 0.2) is 0 Å². The summed E-state index contributed by atoms with van der Waals surface area (Å²) in [4.78, 5) is 22.7. The van der Waals surface area contributed by atoms with Crippen LogP contribution in [0.1, 0.15) is 0 Å². The molecule has 0 atom stereocenters. The van der Waals surface area contributed by atoms with E-state index in [2.05, 4.69) is 10.1 Å². The van der Waals surface area contributed by atoms with Gasteiger partial charge in [0.1, 0.15) is 5.75 Å². The molecule has 0 aliphatic carbocycles. The highest BCUT2D eigenvalue weighted by molar-refractivity contribution is 6.76. The van der Waals surface area contributed by atoms with Gasteiger partial charge in [0.25, 0.3) is 9.70 Å². The van der Waals surface area contributed by atoms with E-state index in [1.165, 1.54) is 24.3 Å². The van der Waals surface area contributed by atoms with Crippen LogP contribution in [-0.4, -0.2) is 22.3 Å². The zero-order chi connectivity index (χ0) is 15.3. The number of carbonyl (C=O) groups is 2. The van der Waals surface area contributed by atoms with Crippen LogP contribution in [0.4, 0.5) is 19.3 Å². The first-order valence-electron chi connectivity index (χ1n) is 4.93. The van der Waals surface area contributed by atoms with Gasteiger partial charge in [0.2, 0.25) is 0 Å². The van der Waals surface area contributed by atoms with Gasteiger partial charge in [-0.15, -0.1) is 0 Å². The number of imide groups is 1. The predicted octanol–water partition coefficient (Wildman–Crippen LogP) is 3.31. The van der Waals surface area contributed by atoms with Gasteiger partial charge in [-0.3, -0.25) is 10.1 Å². The number of amides is 3. The standard InChI is InChI=1S/C10H7Cl3F2N2O3/c11-10(12,13)7(18)17-9(19)16-5-3-1-2-4-6(5)20-8(14)15/h1-4,8H,(H2,16,17,18,19). The number of hydrogen-bond acceptors (Lipinski definition) is 3. The number of halogens is 5. The molecule has 0 aliphatic rings. The number of para-hydroxylation sites is 2. The Balaban J connectivity index is 2.74. The van der Waals surface area contributed by atoms with Crippen LogP contribution in [0.5, 0.6) is 5.75 Å². The molecule has 0 saturated carbocycles. The van der Waals surface area contributed by atoms with Crippen LogP contribution in [-0.2, 0) is 4.79 Å². The molecule has 0 bridgehead atoms. The highest BCUT2D eigenvalue weighted by Crippen LogP contribution is 2.27. The molecule has 110 valence electrons. The Hall–Kier alpha value is -1.31. The number of rotatable bonds is 3. The zero-order valence-corrected chi connectivity index (χ0v) is 11.8. The van der Waals surface area contributed by atoms with E-state index in [-0.39, 0.29) is 11.4 Å². The Bertz CT molecular complexity index is 509. The van der Waals surface area contributed by atoms with Gasteiger partial charge in [0.05, 0.1) is 5.69 Å². The topological polar surface area (TPSA) is 67.4 Å². The maximum atomic E-state index is 12.1. The lowest BCUT2D eigenvalue weighted by Gasteiger charge is -2.13. The van der Waals surface area contributed by atoms with Crippen molar-refractivity contribution in [2.75, 3.05) is 5.32 Å². The molecule has 2 N–H and O–H groups in total. The fraction of sp³-hybridized carbons (Fsp3) is 0.200. The second-order valence-corrected chi connectivity index (χ2v) is 5.56. The minimum absolute atomic E-state index is 0.0811. The molecule has 0 spiro atoms. The third-order valence-corrected chi connectivity index (χ3v) is 2.35. The van der Waals surface area contributed by atoms with E-state index in [1.807, 2.05) is 0 Å². The molecular formula is C10H7Cl3F2N2O3. The molecule has 10 heteroatoms. The van der Waals surface area contributed by atoms with Gasteiger partial charge in [-0.05, 0) is 12.1 Å². The normalized spacial score (nSPS) is 11.1. The van der Waals surface area contributed by atoms with Crippen molar-refractivity contribution in [3.63, 3.8) is 0 Å². The molecule has 1 aromatic carbocycles. The lowest BCUT2D eigenvalue weighted by molar-refractivity contribution is -0.119. The van der Waals surface area contributed by atoms with E-state index in [4.69, 9.17) is 34.8 Å². The first-order chi connectivity index (χ1) is 9.20. The number of anilines is 1. The summed E-state index contributed by atoms with van der Waals surface area (Å²) in [5, 5.41) is 3.83. The van der Waals surface area contributed by atoms with Crippen molar-refractivity contribution in [2.45, 2.75) is 10.4 Å². The van der Waals surface area contributed by atoms with Crippen LogP contribution < -0.4 is 15.4 Å². The Kier molecular flexibility index (Phi) is 5.79. The Morgan fingerprint density at radius 2 is 1.80 bits per heavy atom. The van der Waals surface area contributed by atoms with E-state index < -0.39 is 22.3 Å². The van der Waals surface area contributed by atoms with E-state index in [1.54, 1.807) is 5.32 Å². The molecule has 0 unspecified atom stereocenters. The van der Waals surface area contributed by atoms with Gasteiger partial charge in [-0.2, -0.15) is 8.78 Å². The average Bonchev–Trinajstić information content (AvgIpc) is 2.29. The van der Waals surface area contributed by atoms with Crippen molar-refractivity contribution in [3.05, 3.63) is 24.3 Å².